The molecule has 0 amide bonds. The van der Waals surface area contributed by atoms with Crippen LogP contribution in [0.2, 0.25) is 0 Å². The molecule has 1 aromatic rings. The summed E-state index contributed by atoms with van der Waals surface area (Å²) >= 11 is 8.08. The van der Waals surface area contributed by atoms with Crippen LogP contribution in [0, 0.1) is 0 Å². The van der Waals surface area contributed by atoms with Crippen molar-refractivity contribution in [1.82, 2.24) is 0 Å². The van der Waals surface area contributed by atoms with Crippen LogP contribution in [0.1, 0.15) is 11.7 Å². The average Bonchev–Trinajstić information content (AvgIpc) is 2.16. The van der Waals surface area contributed by atoms with Gasteiger partial charge < -0.3 is 10.2 Å². The number of aliphatic hydroxyl groups is 2. The van der Waals surface area contributed by atoms with Crippen LogP contribution in [0.15, 0.2) is 29.2 Å². The molecule has 2 unspecified atom stereocenters. The van der Waals surface area contributed by atoms with E-state index in [1.54, 1.807) is 18.2 Å². The highest BCUT2D eigenvalue weighted by Gasteiger charge is 2.18. The average molecular weight is 216 g/mol. The maximum Gasteiger partial charge on any atom is 0.107 e. The summed E-state index contributed by atoms with van der Waals surface area (Å²) < 4.78 is 0. The van der Waals surface area contributed by atoms with Gasteiger partial charge >= 0.3 is 0 Å². The van der Waals surface area contributed by atoms with Gasteiger partial charge in [-0.1, -0.05) is 18.2 Å². The fraction of sp³-hybridized carbons (Fsp3) is 0.333. The van der Waals surface area contributed by atoms with Crippen LogP contribution in [-0.2, 0) is 0 Å². The highest BCUT2D eigenvalue weighted by atomic mass is 32.1. The van der Waals surface area contributed by atoms with Crippen molar-refractivity contribution in [1.29, 1.82) is 0 Å². The molecule has 13 heavy (non-hydrogen) atoms. The number of rotatable bonds is 3. The molecule has 1 aromatic carbocycles. The monoisotopic (exact) mass is 216 g/mol. The summed E-state index contributed by atoms with van der Waals surface area (Å²) in [4.78, 5) is 0.677. The SMILES string of the molecule is OC(CS)C(O)c1ccccc1S. The van der Waals surface area contributed by atoms with Crippen LogP contribution >= 0.6 is 25.3 Å². The van der Waals surface area contributed by atoms with Crippen molar-refractivity contribution in [2.45, 2.75) is 17.1 Å². The van der Waals surface area contributed by atoms with E-state index in [2.05, 4.69) is 25.3 Å². The molecule has 2 atom stereocenters. The third-order valence-electron chi connectivity index (χ3n) is 1.81. The summed E-state index contributed by atoms with van der Waals surface area (Å²) in [6.45, 7) is 0. The largest absolute Gasteiger partial charge is 0.389 e. The predicted molar refractivity (Wildman–Crippen MR) is 58.5 cm³/mol. The molecule has 0 aromatic heterocycles. The van der Waals surface area contributed by atoms with E-state index in [1.165, 1.54) is 0 Å². The number of hydrogen-bond donors (Lipinski definition) is 4. The van der Waals surface area contributed by atoms with Crippen LogP contribution in [-0.4, -0.2) is 22.1 Å². The Hall–Kier alpha value is -0.160. The first kappa shape index (κ1) is 10.9. The molecule has 0 fully saturated rings. The molecule has 0 saturated heterocycles. The minimum absolute atomic E-state index is 0.225. The van der Waals surface area contributed by atoms with Gasteiger partial charge in [-0.25, -0.2) is 0 Å². The van der Waals surface area contributed by atoms with Gasteiger partial charge in [0.15, 0.2) is 0 Å². The highest BCUT2D eigenvalue weighted by molar-refractivity contribution is 7.80. The zero-order valence-electron chi connectivity index (χ0n) is 6.96. The molecule has 0 radical (unpaired) electrons. The quantitative estimate of drug-likeness (QED) is 0.575. The molecule has 0 aliphatic rings. The molecule has 0 bridgehead atoms. The Bertz CT molecular complexity index is 278. The molecule has 0 heterocycles. The first-order valence-corrected chi connectivity index (χ1v) is 4.99. The van der Waals surface area contributed by atoms with E-state index in [-0.39, 0.29) is 5.75 Å². The summed E-state index contributed by atoms with van der Waals surface area (Å²) in [5.74, 6) is 0.225. The molecule has 72 valence electrons. The normalized spacial score (nSPS) is 15.4. The lowest BCUT2D eigenvalue weighted by atomic mass is 10.1. The Morgan fingerprint density at radius 1 is 1.23 bits per heavy atom. The molecule has 2 N–H and O–H groups in total. The van der Waals surface area contributed by atoms with Gasteiger partial charge in [-0.15, -0.1) is 12.6 Å². The van der Waals surface area contributed by atoms with Crippen molar-refractivity contribution in [3.05, 3.63) is 29.8 Å². The third kappa shape index (κ3) is 2.64. The summed E-state index contributed by atoms with van der Waals surface area (Å²) in [6.07, 6.45) is -1.76. The Balaban J connectivity index is 2.88. The number of benzene rings is 1. The molecule has 4 heteroatoms. The van der Waals surface area contributed by atoms with Gasteiger partial charge in [0.2, 0.25) is 0 Å². The second-order valence-electron chi connectivity index (χ2n) is 2.75. The summed E-state index contributed by atoms with van der Waals surface area (Å²) in [5.41, 5.74) is 0.632. The van der Waals surface area contributed by atoms with Crippen LogP contribution in [0.3, 0.4) is 0 Å². The number of aliphatic hydroxyl groups excluding tert-OH is 2. The lowest BCUT2D eigenvalue weighted by molar-refractivity contribution is 0.0321. The summed E-state index contributed by atoms with van der Waals surface area (Å²) in [7, 11) is 0. The number of thiol groups is 2. The highest BCUT2D eigenvalue weighted by Crippen LogP contribution is 2.23. The van der Waals surface area contributed by atoms with E-state index >= 15 is 0 Å². The van der Waals surface area contributed by atoms with Gasteiger partial charge in [0.25, 0.3) is 0 Å². The van der Waals surface area contributed by atoms with E-state index in [9.17, 15) is 10.2 Å². The Labute approximate surface area is 88.4 Å². The molecule has 0 aliphatic carbocycles. The Morgan fingerprint density at radius 3 is 2.38 bits per heavy atom. The van der Waals surface area contributed by atoms with Crippen molar-refractivity contribution >= 4 is 25.3 Å². The van der Waals surface area contributed by atoms with Gasteiger partial charge in [-0.3, -0.25) is 0 Å². The standard InChI is InChI=1S/C9H12O2S2/c10-7(5-12)9(11)6-3-1-2-4-8(6)13/h1-4,7,9-13H,5H2. The fourth-order valence-corrected chi connectivity index (χ4v) is 1.54. The van der Waals surface area contributed by atoms with Gasteiger partial charge in [0, 0.05) is 10.6 Å². The van der Waals surface area contributed by atoms with Gasteiger partial charge in [-0.2, -0.15) is 12.6 Å². The van der Waals surface area contributed by atoms with Crippen molar-refractivity contribution in [2.24, 2.45) is 0 Å². The van der Waals surface area contributed by atoms with Gasteiger partial charge in [0.05, 0.1) is 6.10 Å². The molecule has 0 aliphatic heterocycles. The van der Waals surface area contributed by atoms with Crippen LogP contribution in [0.25, 0.3) is 0 Å². The van der Waals surface area contributed by atoms with Crippen LogP contribution < -0.4 is 0 Å². The zero-order valence-corrected chi connectivity index (χ0v) is 8.75. The molecule has 0 saturated carbocycles. The van der Waals surface area contributed by atoms with Crippen LogP contribution in [0.5, 0.6) is 0 Å². The maximum absolute atomic E-state index is 9.62. The molecular formula is C9H12O2S2. The lowest BCUT2D eigenvalue weighted by Gasteiger charge is -2.17. The smallest absolute Gasteiger partial charge is 0.107 e. The van der Waals surface area contributed by atoms with Crippen molar-refractivity contribution in [3.63, 3.8) is 0 Å². The Morgan fingerprint density at radius 2 is 1.85 bits per heavy atom. The van der Waals surface area contributed by atoms with E-state index in [0.717, 1.165) is 0 Å². The van der Waals surface area contributed by atoms with Gasteiger partial charge in [0.1, 0.15) is 6.10 Å². The van der Waals surface area contributed by atoms with Crippen LogP contribution in [0.4, 0.5) is 0 Å². The number of hydrogen-bond acceptors (Lipinski definition) is 4. The molecule has 1 rings (SSSR count). The first-order chi connectivity index (χ1) is 6.16. The second kappa shape index (κ2) is 4.91. The summed E-state index contributed by atoms with van der Waals surface area (Å²) in [6, 6.07) is 7.13. The molecule has 0 spiro atoms. The molecular weight excluding hydrogens is 204 g/mol. The van der Waals surface area contributed by atoms with E-state index in [0.29, 0.717) is 10.5 Å². The van der Waals surface area contributed by atoms with Gasteiger partial charge in [-0.05, 0) is 11.6 Å². The predicted octanol–water partition coefficient (Wildman–Crippen LogP) is 1.30. The van der Waals surface area contributed by atoms with E-state index in [4.69, 9.17) is 0 Å². The van der Waals surface area contributed by atoms with E-state index in [1.807, 2.05) is 6.07 Å². The minimum Gasteiger partial charge on any atom is -0.389 e. The van der Waals surface area contributed by atoms with Crippen molar-refractivity contribution < 1.29 is 10.2 Å². The third-order valence-corrected chi connectivity index (χ3v) is 2.59. The van der Waals surface area contributed by atoms with Crippen molar-refractivity contribution in [2.75, 3.05) is 5.75 Å². The topological polar surface area (TPSA) is 40.5 Å². The fourth-order valence-electron chi connectivity index (χ4n) is 1.04. The summed E-state index contributed by atoms with van der Waals surface area (Å²) in [5, 5.41) is 19.0. The first-order valence-electron chi connectivity index (χ1n) is 3.91. The lowest BCUT2D eigenvalue weighted by Crippen LogP contribution is -2.20. The molecule has 2 nitrogen and oxygen atoms in total. The zero-order chi connectivity index (χ0) is 9.84. The Kier molecular flexibility index (Phi) is 4.12. The maximum atomic E-state index is 9.62. The second-order valence-corrected chi connectivity index (χ2v) is 3.60. The minimum atomic E-state index is -0.911. The van der Waals surface area contributed by atoms with Crippen molar-refractivity contribution in [3.8, 4) is 0 Å². The van der Waals surface area contributed by atoms with E-state index < -0.39 is 12.2 Å².